The van der Waals surface area contributed by atoms with Crippen LogP contribution in [0.15, 0.2) is 101 Å². The number of aromatic nitrogens is 1. The van der Waals surface area contributed by atoms with E-state index in [9.17, 15) is 13.2 Å². The zero-order valence-corrected chi connectivity index (χ0v) is 20.7. The molecule has 5 rings (SSSR count). The number of halogens is 3. The first-order valence-corrected chi connectivity index (χ1v) is 12.6. The highest BCUT2D eigenvalue weighted by Gasteiger charge is 2.30. The lowest BCUT2D eigenvalue weighted by molar-refractivity contribution is -0.642. The highest BCUT2D eigenvalue weighted by atomic mass is 32.2. The van der Waals surface area contributed by atoms with E-state index in [0.717, 1.165) is 44.5 Å². The van der Waals surface area contributed by atoms with Gasteiger partial charge >= 0.3 is 6.18 Å². The van der Waals surface area contributed by atoms with Crippen molar-refractivity contribution in [3.05, 3.63) is 112 Å². The second-order valence-corrected chi connectivity index (χ2v) is 10.3. The van der Waals surface area contributed by atoms with Gasteiger partial charge in [0.05, 0.1) is 16.3 Å². The van der Waals surface area contributed by atoms with Crippen LogP contribution >= 0.6 is 23.1 Å². The smallest absolute Gasteiger partial charge is 0.338 e. The monoisotopic (exact) mass is 507 g/mol. The maximum absolute atomic E-state index is 13.1. The van der Waals surface area contributed by atoms with Crippen molar-refractivity contribution in [2.75, 3.05) is 11.9 Å². The van der Waals surface area contributed by atoms with Crippen molar-refractivity contribution in [2.45, 2.75) is 11.1 Å². The molecule has 0 amide bonds. The topological polar surface area (TPSA) is 7.12 Å². The Morgan fingerprint density at radius 2 is 1.66 bits per heavy atom. The number of benzene rings is 3. The normalized spacial score (nSPS) is 15.5. The molecule has 7 heteroatoms. The van der Waals surface area contributed by atoms with Crippen molar-refractivity contribution < 1.29 is 17.7 Å². The second-order valence-electron chi connectivity index (χ2n) is 8.13. The molecule has 1 aromatic heterocycles. The molecule has 2 heterocycles. The summed E-state index contributed by atoms with van der Waals surface area (Å²) in [6, 6.07) is 21.7. The van der Waals surface area contributed by atoms with Gasteiger partial charge in [0.15, 0.2) is 0 Å². The molecular formula is C28H22F3N2S2+. The van der Waals surface area contributed by atoms with Gasteiger partial charge in [0.25, 0.3) is 5.01 Å². The molecule has 0 saturated heterocycles. The number of hydrogen-bond acceptors (Lipinski definition) is 3. The number of allylic oxidation sites excluding steroid dienone is 4. The molecule has 35 heavy (non-hydrogen) atoms. The predicted octanol–water partition coefficient (Wildman–Crippen LogP) is 7.92. The number of hydrogen-bond donors (Lipinski definition) is 0. The van der Waals surface area contributed by atoms with Crippen molar-refractivity contribution in [2.24, 2.45) is 7.05 Å². The third-order valence-corrected chi connectivity index (χ3v) is 8.27. The van der Waals surface area contributed by atoms with Crippen molar-refractivity contribution >= 4 is 50.7 Å². The van der Waals surface area contributed by atoms with E-state index >= 15 is 0 Å². The van der Waals surface area contributed by atoms with Gasteiger partial charge in [0, 0.05) is 24.1 Å². The fourth-order valence-corrected chi connectivity index (χ4v) is 6.06. The van der Waals surface area contributed by atoms with Gasteiger partial charge in [-0.15, -0.1) is 0 Å². The number of anilines is 1. The number of para-hydroxylation sites is 2. The Morgan fingerprint density at radius 1 is 0.943 bits per heavy atom. The molecule has 3 aromatic carbocycles. The number of fused-ring (bicyclic) bond motifs is 2. The quantitative estimate of drug-likeness (QED) is 0.205. The molecule has 0 aliphatic carbocycles. The molecule has 0 unspecified atom stereocenters. The molecule has 4 aromatic rings. The van der Waals surface area contributed by atoms with Crippen LogP contribution in [-0.2, 0) is 13.2 Å². The Balaban J connectivity index is 1.53. The SMILES string of the molecule is CN1/C(=C/C=C(/C=C/c2sc3ccccc3[n+]2C)c2ccc(C(F)(F)F)cc2)Sc2ccccc21. The van der Waals surface area contributed by atoms with E-state index in [-0.39, 0.29) is 0 Å². The zero-order chi connectivity index (χ0) is 24.6. The lowest BCUT2D eigenvalue weighted by atomic mass is 10.0. The van der Waals surface area contributed by atoms with Crippen LogP contribution in [0.2, 0.25) is 0 Å². The Kier molecular flexibility index (Phi) is 6.30. The van der Waals surface area contributed by atoms with Gasteiger partial charge in [0.1, 0.15) is 11.7 Å². The summed E-state index contributed by atoms with van der Waals surface area (Å²) in [6.07, 6.45) is 3.62. The van der Waals surface area contributed by atoms with Gasteiger partial charge in [0.2, 0.25) is 5.52 Å². The Labute approximate surface area is 210 Å². The van der Waals surface area contributed by atoms with E-state index < -0.39 is 11.7 Å². The molecule has 0 spiro atoms. The molecule has 176 valence electrons. The number of rotatable bonds is 4. The third kappa shape index (κ3) is 4.79. The highest BCUT2D eigenvalue weighted by Crippen LogP contribution is 2.44. The molecule has 0 fully saturated rings. The molecule has 2 nitrogen and oxygen atoms in total. The predicted molar refractivity (Wildman–Crippen MR) is 140 cm³/mol. The highest BCUT2D eigenvalue weighted by molar-refractivity contribution is 8.03. The second kappa shape index (κ2) is 9.40. The molecule has 0 bridgehead atoms. The van der Waals surface area contributed by atoms with E-state index in [1.165, 1.54) is 21.7 Å². The average Bonchev–Trinajstić information content (AvgIpc) is 3.35. The standard InChI is InChI=1S/C28H22F3N2S2/c1-32-22-7-3-5-9-24(22)34-26(32)17-13-20(19-11-15-21(16-12-19)28(29,30)31)14-18-27-33(2)23-8-4-6-10-25(23)35-27/h3-18H,1-2H3/q+1. The summed E-state index contributed by atoms with van der Waals surface area (Å²) in [4.78, 5) is 3.30. The van der Waals surface area contributed by atoms with Gasteiger partial charge in [-0.2, -0.15) is 17.7 Å². The van der Waals surface area contributed by atoms with Gasteiger partial charge < -0.3 is 4.90 Å². The number of nitrogens with zero attached hydrogens (tertiary/aromatic N) is 2. The van der Waals surface area contributed by atoms with E-state index in [4.69, 9.17) is 0 Å². The minimum Gasteiger partial charge on any atom is -0.338 e. The number of thioether (sulfide) groups is 1. The number of aryl methyl sites for hydroxylation is 1. The Morgan fingerprint density at radius 3 is 2.37 bits per heavy atom. The Hall–Kier alpha value is -3.29. The number of alkyl halides is 3. The summed E-state index contributed by atoms with van der Waals surface area (Å²) in [7, 11) is 4.03. The minimum absolute atomic E-state index is 0.652. The summed E-state index contributed by atoms with van der Waals surface area (Å²) in [5.74, 6) is 0. The molecule has 1 aliphatic rings. The first kappa shape index (κ1) is 23.5. The summed E-state index contributed by atoms with van der Waals surface area (Å²) in [6.45, 7) is 0. The van der Waals surface area contributed by atoms with Gasteiger partial charge in [-0.05, 0) is 53.6 Å². The van der Waals surface area contributed by atoms with Crippen LogP contribution in [0.5, 0.6) is 0 Å². The van der Waals surface area contributed by atoms with Crippen LogP contribution in [-0.4, -0.2) is 7.05 Å². The van der Waals surface area contributed by atoms with Crippen LogP contribution in [0, 0.1) is 0 Å². The third-order valence-electron chi connectivity index (χ3n) is 5.90. The number of thiazole rings is 1. The molecule has 0 saturated carbocycles. The Bertz CT molecular complexity index is 1480. The molecule has 0 atom stereocenters. The van der Waals surface area contributed by atoms with Gasteiger partial charge in [-0.3, -0.25) is 0 Å². The van der Waals surface area contributed by atoms with Crippen LogP contribution in [0.3, 0.4) is 0 Å². The lowest BCUT2D eigenvalue weighted by Gasteiger charge is -2.13. The maximum Gasteiger partial charge on any atom is 0.416 e. The summed E-state index contributed by atoms with van der Waals surface area (Å²) < 4.78 is 42.6. The minimum atomic E-state index is -4.36. The van der Waals surface area contributed by atoms with Crippen LogP contribution in [0.25, 0.3) is 21.9 Å². The van der Waals surface area contributed by atoms with Crippen molar-refractivity contribution in [1.82, 2.24) is 0 Å². The van der Waals surface area contributed by atoms with Crippen LogP contribution < -0.4 is 9.47 Å². The van der Waals surface area contributed by atoms with E-state index in [1.54, 1.807) is 23.1 Å². The van der Waals surface area contributed by atoms with Crippen LogP contribution in [0.4, 0.5) is 18.9 Å². The average molecular weight is 508 g/mol. The summed E-state index contributed by atoms with van der Waals surface area (Å²) in [5, 5.41) is 2.10. The van der Waals surface area contributed by atoms with E-state index in [1.807, 2.05) is 62.7 Å². The molecule has 1 aliphatic heterocycles. The fraction of sp³-hybridized carbons (Fsp3) is 0.107. The summed E-state index contributed by atoms with van der Waals surface area (Å²) in [5.41, 5.74) is 3.18. The maximum atomic E-state index is 13.1. The fourth-order valence-electron chi connectivity index (χ4n) is 3.95. The van der Waals surface area contributed by atoms with Gasteiger partial charge in [-0.1, -0.05) is 65.6 Å². The zero-order valence-electron chi connectivity index (χ0n) is 19.1. The first-order valence-electron chi connectivity index (χ1n) is 11.0. The van der Waals surface area contributed by atoms with Crippen molar-refractivity contribution in [3.8, 4) is 0 Å². The van der Waals surface area contributed by atoms with Crippen molar-refractivity contribution in [1.29, 1.82) is 0 Å². The molecule has 0 N–H and O–H groups in total. The van der Waals surface area contributed by atoms with Gasteiger partial charge in [-0.25, -0.2) is 0 Å². The summed E-state index contributed by atoms with van der Waals surface area (Å²) >= 11 is 3.35. The van der Waals surface area contributed by atoms with Crippen molar-refractivity contribution in [3.63, 3.8) is 0 Å². The van der Waals surface area contributed by atoms with E-state index in [2.05, 4.69) is 33.7 Å². The molecular weight excluding hydrogens is 485 g/mol. The first-order chi connectivity index (χ1) is 16.8. The van der Waals surface area contributed by atoms with E-state index in [0.29, 0.717) is 0 Å². The lowest BCUT2D eigenvalue weighted by Crippen LogP contribution is -2.28. The largest absolute Gasteiger partial charge is 0.416 e. The molecule has 0 radical (unpaired) electrons. The van der Waals surface area contributed by atoms with Crippen LogP contribution in [0.1, 0.15) is 16.1 Å².